The van der Waals surface area contributed by atoms with Crippen LogP contribution >= 0.6 is 0 Å². The number of amides is 2. The molecule has 4 rings (SSSR count). The Morgan fingerprint density at radius 3 is 2.50 bits per heavy atom. The molecule has 0 bridgehead atoms. The summed E-state index contributed by atoms with van der Waals surface area (Å²) in [6, 6.07) is 14.3. The molecule has 0 atom stereocenters. The highest BCUT2D eigenvalue weighted by molar-refractivity contribution is 5.95. The number of aromatic nitrogens is 3. The molecule has 0 unspecified atom stereocenters. The number of ether oxygens (including phenoxy) is 1. The van der Waals surface area contributed by atoms with E-state index >= 15 is 0 Å². The average Bonchev–Trinajstić information content (AvgIpc) is 3.29. The van der Waals surface area contributed by atoms with Crippen LogP contribution in [0.1, 0.15) is 33.2 Å². The zero-order chi connectivity index (χ0) is 22.7. The van der Waals surface area contributed by atoms with Gasteiger partial charge in [-0.3, -0.25) is 20.4 Å². The summed E-state index contributed by atoms with van der Waals surface area (Å²) < 4.78 is 12.7. The zero-order valence-corrected chi connectivity index (χ0v) is 18.0. The molecule has 0 aliphatic rings. The van der Waals surface area contributed by atoms with Gasteiger partial charge in [-0.25, -0.2) is 4.98 Å². The number of rotatable bonds is 6. The first-order valence-electron chi connectivity index (χ1n) is 10.1. The van der Waals surface area contributed by atoms with Crippen LogP contribution in [-0.2, 0) is 24.9 Å². The van der Waals surface area contributed by atoms with E-state index in [-0.39, 0.29) is 12.3 Å². The second-order valence-electron chi connectivity index (χ2n) is 7.37. The SMILES string of the molecule is Cc1noc(C)c1COc1ccc(C(=O)NNC(=O)Cc2nc3ccccc3n2C)cc1. The van der Waals surface area contributed by atoms with Gasteiger partial charge >= 0.3 is 0 Å². The van der Waals surface area contributed by atoms with Crippen molar-refractivity contribution >= 4 is 22.8 Å². The molecule has 0 aliphatic heterocycles. The molecule has 0 radical (unpaired) electrons. The normalized spacial score (nSPS) is 10.8. The predicted molar refractivity (Wildman–Crippen MR) is 117 cm³/mol. The minimum atomic E-state index is -0.430. The van der Waals surface area contributed by atoms with Gasteiger partial charge in [0, 0.05) is 12.6 Å². The molecule has 0 spiro atoms. The molecule has 0 saturated heterocycles. The minimum absolute atomic E-state index is 0.0416. The highest BCUT2D eigenvalue weighted by Gasteiger charge is 2.13. The number of benzene rings is 2. The van der Waals surface area contributed by atoms with Crippen molar-refractivity contribution in [1.29, 1.82) is 0 Å². The summed E-state index contributed by atoms with van der Waals surface area (Å²) in [5.41, 5.74) is 8.68. The molecule has 2 heterocycles. The van der Waals surface area contributed by atoms with E-state index < -0.39 is 5.91 Å². The van der Waals surface area contributed by atoms with Gasteiger partial charge in [0.2, 0.25) is 5.91 Å². The lowest BCUT2D eigenvalue weighted by atomic mass is 10.2. The van der Waals surface area contributed by atoms with Crippen molar-refractivity contribution in [2.45, 2.75) is 26.9 Å². The largest absolute Gasteiger partial charge is 0.489 e. The standard InChI is InChI=1S/C23H23N5O4/c1-14-18(15(2)32-27-14)13-31-17-10-8-16(9-11-17)23(30)26-25-22(29)12-21-24-19-6-4-5-7-20(19)28(21)3/h4-11H,12-13H2,1-3H3,(H,25,29)(H,26,30). The van der Waals surface area contributed by atoms with Crippen LogP contribution in [0, 0.1) is 13.8 Å². The summed E-state index contributed by atoms with van der Waals surface area (Å²) in [6.45, 7) is 4.01. The number of hydrogen-bond acceptors (Lipinski definition) is 6. The number of nitrogens with one attached hydrogen (secondary N) is 2. The van der Waals surface area contributed by atoms with E-state index in [1.54, 1.807) is 24.3 Å². The number of hydrazine groups is 1. The smallest absolute Gasteiger partial charge is 0.269 e. The second-order valence-corrected chi connectivity index (χ2v) is 7.37. The van der Waals surface area contributed by atoms with Gasteiger partial charge in [-0.1, -0.05) is 17.3 Å². The molecule has 164 valence electrons. The van der Waals surface area contributed by atoms with Crippen LogP contribution in [0.2, 0.25) is 0 Å². The number of carbonyl (C=O) groups excluding carboxylic acids is 2. The van der Waals surface area contributed by atoms with Crippen LogP contribution in [0.4, 0.5) is 0 Å². The molecule has 0 saturated carbocycles. The Labute approximate surface area is 184 Å². The third-order valence-corrected chi connectivity index (χ3v) is 5.19. The van der Waals surface area contributed by atoms with Gasteiger partial charge in [-0.15, -0.1) is 0 Å². The Bertz CT molecular complexity index is 1250. The molecule has 2 aromatic carbocycles. The number of nitrogens with zero attached hydrogens (tertiary/aromatic N) is 3. The van der Waals surface area contributed by atoms with E-state index in [9.17, 15) is 9.59 Å². The van der Waals surface area contributed by atoms with Gasteiger partial charge in [-0.05, 0) is 50.2 Å². The summed E-state index contributed by atoms with van der Waals surface area (Å²) >= 11 is 0. The van der Waals surface area contributed by atoms with Gasteiger partial charge in [0.15, 0.2) is 0 Å². The predicted octanol–water partition coefficient (Wildman–Crippen LogP) is 2.76. The summed E-state index contributed by atoms with van der Waals surface area (Å²) in [5.74, 6) is 1.13. The molecular weight excluding hydrogens is 410 g/mol. The number of carbonyl (C=O) groups is 2. The van der Waals surface area contributed by atoms with Crippen LogP contribution in [0.15, 0.2) is 53.1 Å². The summed E-state index contributed by atoms with van der Waals surface area (Å²) in [7, 11) is 1.85. The van der Waals surface area contributed by atoms with E-state index in [0.29, 0.717) is 29.5 Å². The first-order chi connectivity index (χ1) is 15.4. The number of hydrogen-bond donors (Lipinski definition) is 2. The average molecular weight is 433 g/mol. The molecule has 4 aromatic rings. The van der Waals surface area contributed by atoms with E-state index in [0.717, 1.165) is 22.3 Å². The highest BCUT2D eigenvalue weighted by atomic mass is 16.5. The van der Waals surface area contributed by atoms with Crippen LogP contribution in [0.25, 0.3) is 11.0 Å². The van der Waals surface area contributed by atoms with Gasteiger partial charge in [-0.2, -0.15) is 0 Å². The Morgan fingerprint density at radius 2 is 1.81 bits per heavy atom. The lowest BCUT2D eigenvalue weighted by molar-refractivity contribution is -0.121. The molecule has 0 aliphatic carbocycles. The Kier molecular flexibility index (Phi) is 5.89. The molecule has 32 heavy (non-hydrogen) atoms. The van der Waals surface area contributed by atoms with Crippen LogP contribution < -0.4 is 15.6 Å². The first-order valence-corrected chi connectivity index (χ1v) is 10.1. The van der Waals surface area contributed by atoms with Crippen LogP contribution in [0.5, 0.6) is 5.75 Å². The summed E-state index contributed by atoms with van der Waals surface area (Å²) in [6.07, 6.45) is 0.0416. The molecule has 9 heteroatoms. The zero-order valence-electron chi connectivity index (χ0n) is 18.0. The quantitative estimate of drug-likeness (QED) is 0.452. The molecule has 2 amide bonds. The molecule has 9 nitrogen and oxygen atoms in total. The monoisotopic (exact) mass is 433 g/mol. The van der Waals surface area contributed by atoms with Gasteiger partial charge < -0.3 is 13.8 Å². The van der Waals surface area contributed by atoms with Gasteiger partial charge in [0.25, 0.3) is 5.91 Å². The second kappa shape index (κ2) is 8.93. The maximum atomic E-state index is 12.3. The lowest BCUT2D eigenvalue weighted by Gasteiger charge is -2.09. The van der Waals surface area contributed by atoms with Gasteiger partial charge in [0.1, 0.15) is 23.9 Å². The Hall–Kier alpha value is -4.14. The van der Waals surface area contributed by atoms with Crippen molar-refractivity contribution in [1.82, 2.24) is 25.6 Å². The van der Waals surface area contributed by atoms with Crippen LogP contribution in [-0.4, -0.2) is 26.5 Å². The van der Waals surface area contributed by atoms with Crippen molar-refractivity contribution in [3.05, 3.63) is 76.9 Å². The maximum Gasteiger partial charge on any atom is 0.269 e. The fourth-order valence-corrected chi connectivity index (χ4v) is 3.31. The topological polar surface area (TPSA) is 111 Å². The third kappa shape index (κ3) is 4.46. The number of fused-ring (bicyclic) bond motifs is 1. The fraction of sp³-hybridized carbons (Fsp3) is 0.217. The molecule has 0 fully saturated rings. The van der Waals surface area contributed by atoms with E-state index in [2.05, 4.69) is 21.0 Å². The summed E-state index contributed by atoms with van der Waals surface area (Å²) in [4.78, 5) is 29.1. The number of imidazole rings is 1. The number of para-hydroxylation sites is 2. The molecular formula is C23H23N5O4. The molecule has 2 aromatic heterocycles. The van der Waals surface area contributed by atoms with Crippen molar-refractivity contribution in [3.8, 4) is 5.75 Å². The minimum Gasteiger partial charge on any atom is -0.489 e. The van der Waals surface area contributed by atoms with Crippen LogP contribution in [0.3, 0.4) is 0 Å². The Morgan fingerprint density at radius 1 is 1.06 bits per heavy atom. The van der Waals surface area contributed by atoms with Gasteiger partial charge in [0.05, 0.1) is 28.7 Å². The third-order valence-electron chi connectivity index (χ3n) is 5.19. The van der Waals surface area contributed by atoms with E-state index in [1.807, 2.05) is 49.7 Å². The maximum absolute atomic E-state index is 12.3. The first kappa shape index (κ1) is 21.1. The highest BCUT2D eigenvalue weighted by Crippen LogP contribution is 2.18. The molecule has 2 N–H and O–H groups in total. The lowest BCUT2D eigenvalue weighted by Crippen LogP contribution is -2.42. The van der Waals surface area contributed by atoms with E-state index in [4.69, 9.17) is 9.26 Å². The van der Waals surface area contributed by atoms with Crippen molar-refractivity contribution in [3.63, 3.8) is 0 Å². The Balaban J connectivity index is 1.29. The van der Waals surface area contributed by atoms with Crippen molar-refractivity contribution in [2.24, 2.45) is 7.05 Å². The fourth-order valence-electron chi connectivity index (χ4n) is 3.31. The van der Waals surface area contributed by atoms with Crippen molar-refractivity contribution < 1.29 is 18.8 Å². The summed E-state index contributed by atoms with van der Waals surface area (Å²) in [5, 5.41) is 3.89. The van der Waals surface area contributed by atoms with Crippen molar-refractivity contribution in [2.75, 3.05) is 0 Å². The van der Waals surface area contributed by atoms with E-state index in [1.165, 1.54) is 0 Å². The number of aryl methyl sites for hydroxylation is 3.